The number of rotatable bonds is 5. The van der Waals surface area contributed by atoms with Crippen molar-refractivity contribution in [2.24, 2.45) is 0 Å². The van der Waals surface area contributed by atoms with Gasteiger partial charge in [-0.25, -0.2) is 0 Å². The Morgan fingerprint density at radius 3 is 2.62 bits per heavy atom. The highest BCUT2D eigenvalue weighted by molar-refractivity contribution is 7.80. The highest BCUT2D eigenvalue weighted by Crippen LogP contribution is 2.30. The number of aryl methyl sites for hydroxylation is 1. The molecule has 1 aromatic heterocycles. The van der Waals surface area contributed by atoms with Crippen LogP contribution in [0.15, 0.2) is 24.3 Å². The standard InChI is InChI=1S/C24H35N5O2S/c1-19-5-6-21(23(30)28-10-3-2-4-11-28)22(26-19)20-7-12-29(13-8-20)24(32)25-9-14-27-15-17-31-18-16-27/h2-3,5-6,20H,4,7-18H2,1H3,(H,25,32). The van der Waals surface area contributed by atoms with Gasteiger partial charge in [0.1, 0.15) is 0 Å². The molecule has 32 heavy (non-hydrogen) atoms. The molecule has 4 rings (SSSR count). The Morgan fingerprint density at radius 1 is 1.12 bits per heavy atom. The van der Waals surface area contributed by atoms with Crippen LogP contribution in [0.25, 0.3) is 0 Å². The molecule has 0 atom stereocenters. The number of amides is 1. The van der Waals surface area contributed by atoms with Crippen LogP contribution >= 0.6 is 12.2 Å². The third-order valence-corrected chi connectivity index (χ3v) is 7.02. The van der Waals surface area contributed by atoms with Crippen LogP contribution in [0.5, 0.6) is 0 Å². The normalized spacial score (nSPS) is 20.4. The molecule has 0 bridgehead atoms. The van der Waals surface area contributed by atoms with Gasteiger partial charge >= 0.3 is 0 Å². The van der Waals surface area contributed by atoms with Gasteiger partial charge in [0.25, 0.3) is 5.91 Å². The van der Waals surface area contributed by atoms with Gasteiger partial charge in [-0.05, 0) is 50.5 Å². The SMILES string of the molecule is Cc1ccc(C(=O)N2CC=CCC2)c(C2CCN(C(=S)NCCN3CCOCC3)CC2)n1. The lowest BCUT2D eigenvalue weighted by molar-refractivity contribution is 0.0388. The summed E-state index contributed by atoms with van der Waals surface area (Å²) >= 11 is 5.66. The maximum Gasteiger partial charge on any atom is 0.256 e. The number of likely N-dealkylation sites (tertiary alicyclic amines) is 1. The molecule has 1 amide bonds. The number of carbonyl (C=O) groups is 1. The quantitative estimate of drug-likeness (QED) is 0.537. The van der Waals surface area contributed by atoms with Gasteiger partial charge in [-0.2, -0.15) is 0 Å². The Labute approximate surface area is 196 Å². The number of thiocarbonyl (C=S) groups is 1. The van der Waals surface area contributed by atoms with E-state index in [0.717, 1.165) is 100 Å². The van der Waals surface area contributed by atoms with Gasteiger partial charge in [-0.15, -0.1) is 0 Å². The van der Waals surface area contributed by atoms with E-state index in [0.29, 0.717) is 12.5 Å². The molecule has 0 unspecified atom stereocenters. The fourth-order valence-electron chi connectivity index (χ4n) is 4.68. The largest absolute Gasteiger partial charge is 0.379 e. The molecule has 3 aliphatic heterocycles. The van der Waals surface area contributed by atoms with E-state index >= 15 is 0 Å². The van der Waals surface area contributed by atoms with Crippen molar-refractivity contribution in [2.75, 3.05) is 65.6 Å². The Morgan fingerprint density at radius 2 is 1.91 bits per heavy atom. The van der Waals surface area contributed by atoms with E-state index in [1.165, 1.54) is 0 Å². The van der Waals surface area contributed by atoms with Crippen LogP contribution in [-0.4, -0.2) is 96.3 Å². The van der Waals surface area contributed by atoms with E-state index in [2.05, 4.69) is 27.3 Å². The number of nitrogens with one attached hydrogen (secondary N) is 1. The predicted octanol–water partition coefficient (Wildman–Crippen LogP) is 2.18. The van der Waals surface area contributed by atoms with Crippen LogP contribution < -0.4 is 5.32 Å². The van der Waals surface area contributed by atoms with Crippen molar-refractivity contribution in [3.05, 3.63) is 41.2 Å². The van der Waals surface area contributed by atoms with Crippen molar-refractivity contribution in [1.82, 2.24) is 25.0 Å². The van der Waals surface area contributed by atoms with Crippen molar-refractivity contribution in [3.8, 4) is 0 Å². The van der Waals surface area contributed by atoms with Crippen molar-refractivity contribution >= 4 is 23.2 Å². The summed E-state index contributed by atoms with van der Waals surface area (Å²) in [6, 6.07) is 3.93. The first-order valence-electron chi connectivity index (χ1n) is 11.9. The molecule has 7 nitrogen and oxygen atoms in total. The fraction of sp³-hybridized carbons (Fsp3) is 0.625. The van der Waals surface area contributed by atoms with Gasteiger partial charge in [0.05, 0.1) is 24.5 Å². The lowest BCUT2D eigenvalue weighted by atomic mass is 9.89. The molecule has 8 heteroatoms. The molecule has 1 aromatic rings. The van der Waals surface area contributed by atoms with E-state index in [4.69, 9.17) is 21.9 Å². The lowest BCUT2D eigenvalue weighted by Crippen LogP contribution is -2.47. The maximum atomic E-state index is 13.2. The topological polar surface area (TPSA) is 60.9 Å². The zero-order chi connectivity index (χ0) is 22.3. The Hall–Kier alpha value is -2.03. The second-order valence-electron chi connectivity index (χ2n) is 8.84. The van der Waals surface area contributed by atoms with Crippen LogP contribution in [0, 0.1) is 6.92 Å². The highest BCUT2D eigenvalue weighted by atomic mass is 32.1. The Kier molecular flexibility index (Phi) is 8.10. The summed E-state index contributed by atoms with van der Waals surface area (Å²) in [5, 5.41) is 4.27. The second kappa shape index (κ2) is 11.2. The molecule has 2 fully saturated rings. The molecule has 3 aliphatic rings. The summed E-state index contributed by atoms with van der Waals surface area (Å²) in [5.41, 5.74) is 2.71. The first kappa shape index (κ1) is 23.1. The molecule has 1 N–H and O–H groups in total. The van der Waals surface area contributed by atoms with Gasteiger partial charge in [0.15, 0.2) is 5.11 Å². The summed E-state index contributed by atoms with van der Waals surface area (Å²) in [7, 11) is 0. The molecular formula is C24H35N5O2S. The number of pyridine rings is 1. The minimum atomic E-state index is 0.111. The van der Waals surface area contributed by atoms with Gasteiger partial charge in [-0.1, -0.05) is 12.2 Å². The molecule has 0 radical (unpaired) electrons. The van der Waals surface area contributed by atoms with Crippen LogP contribution in [-0.2, 0) is 4.74 Å². The highest BCUT2D eigenvalue weighted by Gasteiger charge is 2.28. The fourth-order valence-corrected chi connectivity index (χ4v) is 4.96. The minimum Gasteiger partial charge on any atom is -0.379 e. The summed E-state index contributed by atoms with van der Waals surface area (Å²) in [5.74, 6) is 0.404. The summed E-state index contributed by atoms with van der Waals surface area (Å²) in [6.07, 6.45) is 7.07. The van der Waals surface area contributed by atoms with Gasteiger partial charge in [0.2, 0.25) is 0 Å². The number of piperidine rings is 1. The molecular weight excluding hydrogens is 422 g/mol. The zero-order valence-corrected chi connectivity index (χ0v) is 19.9. The molecule has 0 saturated carbocycles. The molecule has 2 saturated heterocycles. The van der Waals surface area contributed by atoms with Crippen molar-refractivity contribution in [2.45, 2.75) is 32.1 Å². The zero-order valence-electron chi connectivity index (χ0n) is 19.1. The third kappa shape index (κ3) is 5.85. The average Bonchev–Trinajstić information content (AvgIpc) is 2.85. The van der Waals surface area contributed by atoms with Gasteiger partial charge in [0, 0.05) is 64.0 Å². The molecule has 4 heterocycles. The number of hydrogen-bond donors (Lipinski definition) is 1. The van der Waals surface area contributed by atoms with Crippen LogP contribution in [0.3, 0.4) is 0 Å². The van der Waals surface area contributed by atoms with Crippen LogP contribution in [0.2, 0.25) is 0 Å². The monoisotopic (exact) mass is 457 g/mol. The molecule has 0 aromatic carbocycles. The molecule has 0 aliphatic carbocycles. The Bertz CT molecular complexity index is 832. The van der Waals surface area contributed by atoms with Gasteiger partial charge < -0.3 is 19.9 Å². The van der Waals surface area contributed by atoms with E-state index in [9.17, 15) is 4.79 Å². The third-order valence-electron chi connectivity index (χ3n) is 6.62. The number of carbonyl (C=O) groups excluding carboxylic acids is 1. The van der Waals surface area contributed by atoms with Crippen LogP contribution in [0.1, 0.15) is 46.9 Å². The van der Waals surface area contributed by atoms with E-state index in [-0.39, 0.29) is 5.91 Å². The average molecular weight is 458 g/mol. The van der Waals surface area contributed by atoms with E-state index < -0.39 is 0 Å². The maximum absolute atomic E-state index is 13.2. The first-order chi connectivity index (χ1) is 15.6. The van der Waals surface area contributed by atoms with Gasteiger partial charge in [-0.3, -0.25) is 14.7 Å². The van der Waals surface area contributed by atoms with E-state index in [1.807, 2.05) is 24.0 Å². The smallest absolute Gasteiger partial charge is 0.256 e. The first-order valence-corrected chi connectivity index (χ1v) is 12.3. The second-order valence-corrected chi connectivity index (χ2v) is 9.23. The van der Waals surface area contributed by atoms with Crippen molar-refractivity contribution in [3.63, 3.8) is 0 Å². The Balaban J connectivity index is 1.31. The predicted molar refractivity (Wildman–Crippen MR) is 130 cm³/mol. The van der Waals surface area contributed by atoms with E-state index in [1.54, 1.807) is 0 Å². The number of aromatic nitrogens is 1. The number of nitrogens with zero attached hydrogens (tertiary/aromatic N) is 4. The number of morpholine rings is 1. The number of hydrogen-bond acceptors (Lipinski definition) is 5. The summed E-state index contributed by atoms with van der Waals surface area (Å²) in [6.45, 7) is 10.8. The number of ether oxygens (including phenoxy) is 1. The summed E-state index contributed by atoms with van der Waals surface area (Å²) in [4.78, 5) is 24.6. The lowest BCUT2D eigenvalue weighted by Gasteiger charge is -2.35. The molecule has 0 spiro atoms. The van der Waals surface area contributed by atoms with Crippen LogP contribution in [0.4, 0.5) is 0 Å². The summed E-state index contributed by atoms with van der Waals surface area (Å²) < 4.78 is 5.41. The van der Waals surface area contributed by atoms with Crippen molar-refractivity contribution in [1.29, 1.82) is 0 Å². The van der Waals surface area contributed by atoms with Crippen molar-refractivity contribution < 1.29 is 9.53 Å². The minimum absolute atomic E-state index is 0.111. The molecule has 174 valence electrons.